The highest BCUT2D eigenvalue weighted by Gasteiger charge is 2.10. The van der Waals surface area contributed by atoms with E-state index in [2.05, 4.69) is 32.0 Å². The number of rotatable bonds is 3. The third-order valence-electron chi connectivity index (χ3n) is 2.93. The molecule has 0 bridgehead atoms. The normalized spacial score (nSPS) is 12.4. The van der Waals surface area contributed by atoms with Gasteiger partial charge in [0.2, 0.25) is 0 Å². The second-order valence-electron chi connectivity index (χ2n) is 4.72. The highest BCUT2D eigenvalue weighted by atomic mass is 35.5. The van der Waals surface area contributed by atoms with Crippen molar-refractivity contribution in [3.05, 3.63) is 70.5 Å². The van der Waals surface area contributed by atoms with Crippen molar-refractivity contribution in [3.63, 3.8) is 0 Å². The van der Waals surface area contributed by atoms with Gasteiger partial charge < -0.3 is 0 Å². The van der Waals surface area contributed by atoms with Gasteiger partial charge in [0.05, 0.1) is 5.38 Å². The molecule has 0 fully saturated rings. The standard InChI is InChI=1S/C16H16ClF/c1-11-7-12(2)9-14(8-11)16(17)10-13-3-5-15(18)6-4-13/h3-9,16H,10H2,1-2H3. The number of hydrogen-bond donors (Lipinski definition) is 0. The van der Waals surface area contributed by atoms with Gasteiger partial charge in [0.25, 0.3) is 0 Å². The highest BCUT2D eigenvalue weighted by molar-refractivity contribution is 6.20. The van der Waals surface area contributed by atoms with E-state index in [-0.39, 0.29) is 11.2 Å². The molecule has 0 aromatic heterocycles. The summed E-state index contributed by atoms with van der Waals surface area (Å²) >= 11 is 6.43. The first-order valence-corrected chi connectivity index (χ1v) is 6.45. The summed E-state index contributed by atoms with van der Waals surface area (Å²) < 4.78 is 12.8. The number of halogens is 2. The van der Waals surface area contributed by atoms with Crippen molar-refractivity contribution in [2.45, 2.75) is 25.6 Å². The van der Waals surface area contributed by atoms with Gasteiger partial charge in [-0.1, -0.05) is 41.5 Å². The predicted octanol–water partition coefficient (Wildman–Crippen LogP) is 4.97. The molecule has 0 amide bonds. The molecule has 0 aliphatic heterocycles. The maximum absolute atomic E-state index is 12.8. The summed E-state index contributed by atoms with van der Waals surface area (Å²) in [6.07, 6.45) is 0.713. The molecule has 0 heterocycles. The summed E-state index contributed by atoms with van der Waals surface area (Å²) in [7, 11) is 0. The maximum Gasteiger partial charge on any atom is 0.123 e. The van der Waals surface area contributed by atoms with Gasteiger partial charge in [0.15, 0.2) is 0 Å². The van der Waals surface area contributed by atoms with Gasteiger partial charge in [-0.3, -0.25) is 0 Å². The van der Waals surface area contributed by atoms with Gasteiger partial charge in [-0.2, -0.15) is 0 Å². The Kier molecular flexibility index (Phi) is 4.03. The summed E-state index contributed by atoms with van der Waals surface area (Å²) in [5.74, 6) is -0.212. The van der Waals surface area contributed by atoms with Crippen LogP contribution in [0.5, 0.6) is 0 Å². The fourth-order valence-corrected chi connectivity index (χ4v) is 2.44. The van der Waals surface area contributed by atoms with Crippen molar-refractivity contribution in [3.8, 4) is 0 Å². The molecule has 2 aromatic rings. The molecule has 2 aromatic carbocycles. The molecule has 0 nitrogen and oxygen atoms in total. The quantitative estimate of drug-likeness (QED) is 0.686. The largest absolute Gasteiger partial charge is 0.207 e. The van der Waals surface area contributed by atoms with Crippen molar-refractivity contribution < 1.29 is 4.39 Å². The van der Waals surface area contributed by atoms with E-state index in [0.717, 1.165) is 11.1 Å². The van der Waals surface area contributed by atoms with Gasteiger partial charge in [-0.15, -0.1) is 11.6 Å². The van der Waals surface area contributed by atoms with E-state index in [1.165, 1.54) is 23.3 Å². The fraction of sp³-hybridized carbons (Fsp3) is 0.250. The molecule has 2 rings (SSSR count). The van der Waals surface area contributed by atoms with Crippen LogP contribution in [0.1, 0.15) is 27.6 Å². The zero-order valence-electron chi connectivity index (χ0n) is 10.6. The first-order chi connectivity index (χ1) is 8.54. The monoisotopic (exact) mass is 262 g/mol. The van der Waals surface area contributed by atoms with Crippen LogP contribution in [0, 0.1) is 19.7 Å². The SMILES string of the molecule is Cc1cc(C)cc(C(Cl)Cc2ccc(F)cc2)c1. The van der Waals surface area contributed by atoms with E-state index >= 15 is 0 Å². The Morgan fingerprint density at radius 3 is 2.11 bits per heavy atom. The molecule has 0 saturated carbocycles. The van der Waals surface area contributed by atoms with Crippen molar-refractivity contribution in [1.29, 1.82) is 0 Å². The second kappa shape index (κ2) is 5.53. The van der Waals surface area contributed by atoms with Crippen molar-refractivity contribution in [2.75, 3.05) is 0 Å². The lowest BCUT2D eigenvalue weighted by molar-refractivity contribution is 0.627. The van der Waals surface area contributed by atoms with Crippen LogP contribution in [0.15, 0.2) is 42.5 Å². The van der Waals surface area contributed by atoms with Crippen LogP contribution >= 0.6 is 11.6 Å². The minimum atomic E-state index is -0.212. The Balaban J connectivity index is 2.16. The lowest BCUT2D eigenvalue weighted by atomic mass is 10.0. The molecular formula is C16H16ClF. The van der Waals surface area contributed by atoms with Gasteiger partial charge in [0.1, 0.15) is 5.82 Å². The Morgan fingerprint density at radius 2 is 1.56 bits per heavy atom. The van der Waals surface area contributed by atoms with E-state index in [1.807, 2.05) is 0 Å². The van der Waals surface area contributed by atoms with Crippen LogP contribution in [0.4, 0.5) is 4.39 Å². The summed E-state index contributed by atoms with van der Waals surface area (Å²) in [6, 6.07) is 12.9. The minimum absolute atomic E-state index is 0.0749. The third kappa shape index (κ3) is 3.33. The molecular weight excluding hydrogens is 247 g/mol. The van der Waals surface area contributed by atoms with Crippen LogP contribution in [0.3, 0.4) is 0 Å². The van der Waals surface area contributed by atoms with E-state index in [9.17, 15) is 4.39 Å². The minimum Gasteiger partial charge on any atom is -0.207 e. The average molecular weight is 263 g/mol. The van der Waals surface area contributed by atoms with E-state index in [0.29, 0.717) is 6.42 Å². The number of benzene rings is 2. The molecule has 0 spiro atoms. The average Bonchev–Trinajstić information content (AvgIpc) is 2.31. The number of aryl methyl sites for hydroxylation is 2. The van der Waals surface area contributed by atoms with E-state index in [4.69, 9.17) is 11.6 Å². The fourth-order valence-electron chi connectivity index (χ4n) is 2.14. The second-order valence-corrected chi connectivity index (χ2v) is 5.25. The molecule has 0 radical (unpaired) electrons. The Bertz CT molecular complexity index is 511. The van der Waals surface area contributed by atoms with Gasteiger partial charge in [-0.25, -0.2) is 4.39 Å². The summed E-state index contributed by atoms with van der Waals surface area (Å²) in [4.78, 5) is 0. The van der Waals surface area contributed by atoms with Crippen LogP contribution in [0.25, 0.3) is 0 Å². The first-order valence-electron chi connectivity index (χ1n) is 6.01. The number of alkyl halides is 1. The zero-order valence-corrected chi connectivity index (χ0v) is 11.3. The molecule has 1 unspecified atom stereocenters. The molecule has 0 saturated heterocycles. The summed E-state index contributed by atoms with van der Waals surface area (Å²) in [6.45, 7) is 4.13. The molecule has 1 atom stereocenters. The molecule has 94 valence electrons. The Labute approximate surface area is 112 Å². The van der Waals surface area contributed by atoms with Crippen LogP contribution in [-0.4, -0.2) is 0 Å². The Hall–Kier alpha value is -1.34. The third-order valence-corrected chi connectivity index (χ3v) is 3.34. The lowest BCUT2D eigenvalue weighted by Crippen LogP contribution is -1.97. The predicted molar refractivity (Wildman–Crippen MR) is 74.6 cm³/mol. The molecule has 0 aliphatic carbocycles. The van der Waals surface area contributed by atoms with E-state index in [1.54, 1.807) is 12.1 Å². The molecule has 18 heavy (non-hydrogen) atoms. The molecule has 2 heteroatoms. The smallest absolute Gasteiger partial charge is 0.123 e. The topological polar surface area (TPSA) is 0 Å². The van der Waals surface area contributed by atoms with E-state index < -0.39 is 0 Å². The summed E-state index contributed by atoms with van der Waals surface area (Å²) in [5.41, 5.74) is 4.61. The van der Waals surface area contributed by atoms with Gasteiger partial charge in [-0.05, 0) is 43.5 Å². The zero-order chi connectivity index (χ0) is 13.1. The van der Waals surface area contributed by atoms with Crippen molar-refractivity contribution >= 4 is 11.6 Å². The molecule has 0 N–H and O–H groups in total. The lowest BCUT2D eigenvalue weighted by Gasteiger charge is -2.12. The van der Waals surface area contributed by atoms with Crippen LogP contribution < -0.4 is 0 Å². The maximum atomic E-state index is 12.8. The Morgan fingerprint density at radius 1 is 1.00 bits per heavy atom. The summed E-state index contributed by atoms with van der Waals surface area (Å²) in [5, 5.41) is -0.0749. The van der Waals surface area contributed by atoms with Gasteiger partial charge >= 0.3 is 0 Å². The van der Waals surface area contributed by atoms with Gasteiger partial charge in [0, 0.05) is 0 Å². The van der Waals surface area contributed by atoms with Crippen LogP contribution in [-0.2, 0) is 6.42 Å². The van der Waals surface area contributed by atoms with Crippen LogP contribution in [0.2, 0.25) is 0 Å². The first kappa shape index (κ1) is 13.1. The highest BCUT2D eigenvalue weighted by Crippen LogP contribution is 2.26. The van der Waals surface area contributed by atoms with Crippen molar-refractivity contribution in [1.82, 2.24) is 0 Å². The number of hydrogen-bond acceptors (Lipinski definition) is 0. The molecule has 0 aliphatic rings. The van der Waals surface area contributed by atoms with Crippen molar-refractivity contribution in [2.24, 2.45) is 0 Å².